The second-order valence-corrected chi connectivity index (χ2v) is 6.10. The Kier molecular flexibility index (Phi) is 4.03. The molecule has 1 aromatic heterocycles. The van der Waals surface area contributed by atoms with Gasteiger partial charge in [0.1, 0.15) is 0 Å². The monoisotopic (exact) mass is 296 g/mol. The van der Waals surface area contributed by atoms with Crippen LogP contribution in [0.2, 0.25) is 0 Å². The second kappa shape index (κ2) is 6.11. The molecular formula is C17H16N2OS. The van der Waals surface area contributed by atoms with E-state index in [1.165, 1.54) is 5.56 Å². The Balaban J connectivity index is 1.66. The highest BCUT2D eigenvalue weighted by atomic mass is 32.1. The maximum atomic E-state index is 12.5. The lowest BCUT2D eigenvalue weighted by molar-refractivity contribution is 0.0713. The van der Waals surface area contributed by atoms with E-state index in [-0.39, 0.29) is 5.91 Å². The summed E-state index contributed by atoms with van der Waals surface area (Å²) in [5.74, 6) is 0.613. The van der Waals surface area contributed by atoms with Gasteiger partial charge in [-0.3, -0.25) is 4.79 Å². The molecule has 1 amide bonds. The summed E-state index contributed by atoms with van der Waals surface area (Å²) in [6.07, 6.45) is 2.03. The van der Waals surface area contributed by atoms with E-state index in [4.69, 9.17) is 5.26 Å². The van der Waals surface area contributed by atoms with Crippen molar-refractivity contribution in [2.24, 2.45) is 0 Å². The van der Waals surface area contributed by atoms with E-state index < -0.39 is 0 Å². The second-order valence-electron chi connectivity index (χ2n) is 5.32. The number of piperidine rings is 1. The summed E-state index contributed by atoms with van der Waals surface area (Å²) in [6, 6.07) is 11.2. The van der Waals surface area contributed by atoms with Crippen LogP contribution in [0.5, 0.6) is 0 Å². The lowest BCUT2D eigenvalue weighted by Gasteiger charge is -2.32. The first-order valence-electron chi connectivity index (χ1n) is 7.09. The molecule has 1 aromatic carbocycles. The van der Waals surface area contributed by atoms with Crippen LogP contribution in [0.25, 0.3) is 0 Å². The molecule has 0 saturated carbocycles. The van der Waals surface area contributed by atoms with Crippen LogP contribution in [0.3, 0.4) is 0 Å². The molecule has 3 nitrogen and oxygen atoms in total. The van der Waals surface area contributed by atoms with Crippen LogP contribution in [0.4, 0.5) is 0 Å². The van der Waals surface area contributed by atoms with Gasteiger partial charge in [-0.15, -0.1) is 0 Å². The smallest absolute Gasteiger partial charge is 0.253 e. The summed E-state index contributed by atoms with van der Waals surface area (Å²) in [5.41, 5.74) is 2.55. The number of hydrogen-bond acceptors (Lipinski definition) is 3. The number of benzene rings is 1. The van der Waals surface area contributed by atoms with Gasteiger partial charge < -0.3 is 4.90 Å². The van der Waals surface area contributed by atoms with Crippen molar-refractivity contribution < 1.29 is 4.79 Å². The predicted molar refractivity (Wildman–Crippen MR) is 83.4 cm³/mol. The van der Waals surface area contributed by atoms with Crippen LogP contribution in [0, 0.1) is 11.3 Å². The predicted octanol–water partition coefficient (Wildman–Crippen LogP) is 3.64. The zero-order valence-corrected chi connectivity index (χ0v) is 12.5. The minimum absolute atomic E-state index is 0.0378. The lowest BCUT2D eigenvalue weighted by atomic mass is 9.91. The molecule has 1 aliphatic rings. The largest absolute Gasteiger partial charge is 0.339 e. The maximum absolute atomic E-state index is 12.5. The van der Waals surface area contributed by atoms with Crippen molar-refractivity contribution in [1.82, 2.24) is 4.90 Å². The maximum Gasteiger partial charge on any atom is 0.253 e. The standard InChI is InChI=1S/C17H16N2OS/c18-11-13-2-1-3-15(10-13)17(20)19-7-4-14(5-8-19)16-6-9-21-12-16/h1-3,6,9-10,12,14H,4-5,7-8H2. The fraction of sp³-hybridized carbons (Fsp3) is 0.294. The molecule has 0 spiro atoms. The van der Waals surface area contributed by atoms with Gasteiger partial charge in [0.25, 0.3) is 5.91 Å². The van der Waals surface area contributed by atoms with Crippen molar-refractivity contribution in [3.8, 4) is 6.07 Å². The molecular weight excluding hydrogens is 280 g/mol. The third-order valence-corrected chi connectivity index (χ3v) is 4.74. The van der Waals surface area contributed by atoms with Crippen molar-refractivity contribution in [2.45, 2.75) is 18.8 Å². The van der Waals surface area contributed by atoms with Crippen LogP contribution in [-0.4, -0.2) is 23.9 Å². The van der Waals surface area contributed by atoms with E-state index in [1.807, 2.05) is 4.90 Å². The summed E-state index contributed by atoms with van der Waals surface area (Å²) in [4.78, 5) is 14.4. The van der Waals surface area contributed by atoms with E-state index in [0.717, 1.165) is 25.9 Å². The average Bonchev–Trinajstić information content (AvgIpc) is 3.09. The van der Waals surface area contributed by atoms with Gasteiger partial charge in [0.2, 0.25) is 0 Å². The van der Waals surface area contributed by atoms with Gasteiger partial charge in [-0.25, -0.2) is 0 Å². The van der Waals surface area contributed by atoms with Gasteiger partial charge in [0, 0.05) is 18.7 Å². The molecule has 2 aromatic rings. The van der Waals surface area contributed by atoms with Gasteiger partial charge >= 0.3 is 0 Å². The highest BCUT2D eigenvalue weighted by Crippen LogP contribution is 2.29. The van der Waals surface area contributed by atoms with Crippen molar-refractivity contribution in [3.05, 3.63) is 57.8 Å². The van der Waals surface area contributed by atoms with Crippen LogP contribution >= 0.6 is 11.3 Å². The molecule has 4 heteroatoms. The molecule has 3 rings (SSSR count). The number of carbonyl (C=O) groups is 1. The molecule has 2 heterocycles. The molecule has 1 aliphatic heterocycles. The summed E-state index contributed by atoms with van der Waals surface area (Å²) in [5, 5.41) is 13.2. The van der Waals surface area contributed by atoms with Crippen molar-refractivity contribution in [1.29, 1.82) is 5.26 Å². The molecule has 0 radical (unpaired) electrons. The van der Waals surface area contributed by atoms with E-state index >= 15 is 0 Å². The number of nitrogens with zero attached hydrogens (tertiary/aromatic N) is 2. The van der Waals surface area contributed by atoms with Crippen LogP contribution in [0.15, 0.2) is 41.1 Å². The number of amides is 1. The summed E-state index contributed by atoms with van der Waals surface area (Å²) >= 11 is 1.73. The molecule has 0 atom stereocenters. The zero-order chi connectivity index (χ0) is 14.7. The SMILES string of the molecule is N#Cc1cccc(C(=O)N2CCC(c3ccsc3)CC2)c1. The number of thiophene rings is 1. The third-order valence-electron chi connectivity index (χ3n) is 4.04. The Bertz CT molecular complexity index is 664. The Hall–Kier alpha value is -2.12. The zero-order valence-electron chi connectivity index (χ0n) is 11.7. The highest BCUT2D eigenvalue weighted by molar-refractivity contribution is 7.07. The van der Waals surface area contributed by atoms with Crippen molar-refractivity contribution in [2.75, 3.05) is 13.1 Å². The number of hydrogen-bond donors (Lipinski definition) is 0. The summed E-state index contributed by atoms with van der Waals surface area (Å²) in [6.45, 7) is 1.58. The Labute approximate surface area is 128 Å². The fourth-order valence-corrected chi connectivity index (χ4v) is 3.57. The van der Waals surface area contributed by atoms with E-state index in [9.17, 15) is 4.79 Å². The molecule has 0 unspecified atom stereocenters. The minimum Gasteiger partial charge on any atom is -0.339 e. The van der Waals surface area contributed by atoms with E-state index in [2.05, 4.69) is 22.9 Å². The van der Waals surface area contributed by atoms with Crippen molar-refractivity contribution >= 4 is 17.2 Å². The molecule has 1 saturated heterocycles. The Morgan fingerprint density at radius 1 is 1.29 bits per heavy atom. The van der Waals surface area contributed by atoms with Crippen LogP contribution in [0.1, 0.15) is 40.2 Å². The lowest BCUT2D eigenvalue weighted by Crippen LogP contribution is -2.37. The number of likely N-dealkylation sites (tertiary alicyclic amines) is 1. The van der Waals surface area contributed by atoms with Gasteiger partial charge in [-0.1, -0.05) is 6.07 Å². The van der Waals surface area contributed by atoms with Crippen molar-refractivity contribution in [3.63, 3.8) is 0 Å². The van der Waals surface area contributed by atoms with Gasteiger partial charge in [-0.05, 0) is 59.3 Å². The minimum atomic E-state index is 0.0378. The molecule has 0 N–H and O–H groups in total. The number of rotatable bonds is 2. The molecule has 0 aliphatic carbocycles. The highest BCUT2D eigenvalue weighted by Gasteiger charge is 2.24. The normalized spacial score (nSPS) is 15.7. The van der Waals surface area contributed by atoms with Gasteiger partial charge in [-0.2, -0.15) is 16.6 Å². The number of carbonyl (C=O) groups excluding carboxylic acids is 1. The fourth-order valence-electron chi connectivity index (χ4n) is 2.83. The summed E-state index contributed by atoms with van der Waals surface area (Å²) < 4.78 is 0. The first-order chi connectivity index (χ1) is 10.3. The molecule has 1 fully saturated rings. The third kappa shape index (κ3) is 2.98. The average molecular weight is 296 g/mol. The molecule has 106 valence electrons. The van der Waals surface area contributed by atoms with E-state index in [0.29, 0.717) is 17.0 Å². The Morgan fingerprint density at radius 2 is 2.10 bits per heavy atom. The van der Waals surface area contributed by atoms with Crippen LogP contribution in [-0.2, 0) is 0 Å². The summed E-state index contributed by atoms with van der Waals surface area (Å²) in [7, 11) is 0. The van der Waals surface area contributed by atoms with Gasteiger partial charge in [0.15, 0.2) is 0 Å². The Morgan fingerprint density at radius 3 is 2.76 bits per heavy atom. The topological polar surface area (TPSA) is 44.1 Å². The first kappa shape index (κ1) is 13.8. The molecule has 0 bridgehead atoms. The first-order valence-corrected chi connectivity index (χ1v) is 8.04. The van der Waals surface area contributed by atoms with Crippen LogP contribution < -0.4 is 0 Å². The van der Waals surface area contributed by atoms with Gasteiger partial charge in [0.05, 0.1) is 11.6 Å². The number of nitriles is 1. The quantitative estimate of drug-likeness (QED) is 0.849. The van der Waals surface area contributed by atoms with E-state index in [1.54, 1.807) is 35.6 Å². The molecule has 21 heavy (non-hydrogen) atoms.